The Labute approximate surface area is 112 Å². The molecular weight excluding hydrogens is 250 g/mol. The molecule has 0 aromatic rings. The van der Waals surface area contributed by atoms with E-state index < -0.39 is 17.5 Å². The molecule has 1 unspecified atom stereocenters. The number of hydrogen-bond acceptors (Lipinski definition) is 3. The molecule has 0 aromatic carbocycles. The Hall–Kier alpha value is -1.79. The van der Waals surface area contributed by atoms with E-state index in [1.165, 1.54) is 18.7 Å². The summed E-state index contributed by atoms with van der Waals surface area (Å²) in [6.07, 6.45) is 0.946. The highest BCUT2D eigenvalue weighted by Gasteiger charge is 2.37. The van der Waals surface area contributed by atoms with Crippen LogP contribution in [-0.2, 0) is 9.59 Å². The SMILES string of the molecule is CCN(C(=O)NC1CCC(=O)NC1)C(C)(C)C(=O)O. The van der Waals surface area contributed by atoms with Crippen molar-refractivity contribution in [2.45, 2.75) is 45.2 Å². The fourth-order valence-electron chi connectivity index (χ4n) is 2.02. The van der Waals surface area contributed by atoms with E-state index in [4.69, 9.17) is 5.11 Å². The monoisotopic (exact) mass is 271 g/mol. The zero-order chi connectivity index (χ0) is 14.6. The van der Waals surface area contributed by atoms with Crippen molar-refractivity contribution in [1.29, 1.82) is 0 Å². The van der Waals surface area contributed by atoms with Gasteiger partial charge < -0.3 is 20.6 Å². The minimum absolute atomic E-state index is 0.0243. The Morgan fingerprint density at radius 3 is 2.58 bits per heavy atom. The highest BCUT2D eigenvalue weighted by Crippen LogP contribution is 2.15. The molecule has 3 amide bonds. The van der Waals surface area contributed by atoms with E-state index in [0.717, 1.165) is 0 Å². The summed E-state index contributed by atoms with van der Waals surface area (Å²) >= 11 is 0. The number of likely N-dealkylation sites (N-methyl/N-ethyl adjacent to an activating group) is 1. The molecule has 7 nitrogen and oxygen atoms in total. The molecule has 3 N–H and O–H groups in total. The van der Waals surface area contributed by atoms with E-state index >= 15 is 0 Å². The Balaban J connectivity index is 2.64. The number of nitrogens with zero attached hydrogens (tertiary/aromatic N) is 1. The van der Waals surface area contributed by atoms with Gasteiger partial charge in [-0.1, -0.05) is 0 Å². The van der Waals surface area contributed by atoms with Gasteiger partial charge in [0.05, 0.1) is 0 Å². The van der Waals surface area contributed by atoms with Crippen LogP contribution in [0.2, 0.25) is 0 Å². The zero-order valence-electron chi connectivity index (χ0n) is 11.5. The van der Waals surface area contributed by atoms with E-state index in [9.17, 15) is 14.4 Å². The molecule has 0 bridgehead atoms. The first-order valence-electron chi connectivity index (χ1n) is 6.37. The van der Waals surface area contributed by atoms with Crippen LogP contribution in [0.25, 0.3) is 0 Å². The number of urea groups is 1. The summed E-state index contributed by atoms with van der Waals surface area (Å²) in [5.41, 5.74) is -1.27. The van der Waals surface area contributed by atoms with Crippen LogP contribution in [0.3, 0.4) is 0 Å². The smallest absolute Gasteiger partial charge is 0.329 e. The molecule has 1 fully saturated rings. The molecule has 1 heterocycles. The van der Waals surface area contributed by atoms with Crippen LogP contribution in [0, 0.1) is 0 Å². The second-order valence-electron chi connectivity index (χ2n) is 5.10. The van der Waals surface area contributed by atoms with Crippen LogP contribution in [0.15, 0.2) is 0 Å². The molecule has 0 radical (unpaired) electrons. The Morgan fingerprint density at radius 2 is 2.16 bits per heavy atom. The summed E-state index contributed by atoms with van der Waals surface area (Å²) < 4.78 is 0. The number of piperidine rings is 1. The van der Waals surface area contributed by atoms with E-state index in [1.807, 2.05) is 0 Å². The third-order valence-electron chi connectivity index (χ3n) is 3.35. The quantitative estimate of drug-likeness (QED) is 0.678. The van der Waals surface area contributed by atoms with E-state index in [-0.39, 0.29) is 11.9 Å². The first-order chi connectivity index (χ1) is 8.78. The maximum atomic E-state index is 12.1. The van der Waals surface area contributed by atoms with Crippen molar-refractivity contribution in [3.05, 3.63) is 0 Å². The minimum Gasteiger partial charge on any atom is -0.480 e. The number of amides is 3. The van der Waals surface area contributed by atoms with E-state index in [0.29, 0.717) is 25.9 Å². The lowest BCUT2D eigenvalue weighted by molar-refractivity contribution is -0.147. The summed E-state index contributed by atoms with van der Waals surface area (Å²) in [6.45, 7) is 5.38. The third-order valence-corrected chi connectivity index (χ3v) is 3.35. The summed E-state index contributed by atoms with van der Waals surface area (Å²) in [4.78, 5) is 35.6. The van der Waals surface area contributed by atoms with Gasteiger partial charge in [0.15, 0.2) is 0 Å². The minimum atomic E-state index is -1.27. The molecule has 7 heteroatoms. The highest BCUT2D eigenvalue weighted by atomic mass is 16.4. The number of hydrogen-bond donors (Lipinski definition) is 3. The second kappa shape index (κ2) is 5.90. The molecule has 1 atom stereocenters. The lowest BCUT2D eigenvalue weighted by Crippen LogP contribution is -2.59. The van der Waals surface area contributed by atoms with Crippen LogP contribution in [0.4, 0.5) is 4.79 Å². The van der Waals surface area contributed by atoms with Gasteiger partial charge in [-0.3, -0.25) is 4.79 Å². The van der Waals surface area contributed by atoms with Gasteiger partial charge in [-0.25, -0.2) is 9.59 Å². The maximum absolute atomic E-state index is 12.1. The Bertz CT molecular complexity index is 371. The number of rotatable bonds is 4. The fourth-order valence-corrected chi connectivity index (χ4v) is 2.02. The van der Waals surface area contributed by atoms with Crippen molar-refractivity contribution in [2.24, 2.45) is 0 Å². The molecule has 1 aliphatic rings. The van der Waals surface area contributed by atoms with Gasteiger partial charge in [-0.15, -0.1) is 0 Å². The summed E-state index contributed by atoms with van der Waals surface area (Å²) in [5, 5.41) is 14.6. The summed E-state index contributed by atoms with van der Waals surface area (Å²) in [6, 6.07) is -0.570. The van der Waals surface area contributed by atoms with Gasteiger partial charge in [0.1, 0.15) is 5.54 Å². The average Bonchev–Trinajstić information content (AvgIpc) is 2.32. The van der Waals surface area contributed by atoms with Crippen LogP contribution in [0.1, 0.15) is 33.6 Å². The lowest BCUT2D eigenvalue weighted by atomic mass is 10.0. The van der Waals surface area contributed by atoms with Crippen LogP contribution in [-0.4, -0.2) is 52.6 Å². The predicted octanol–water partition coefficient (Wildman–Crippen LogP) is 0.160. The lowest BCUT2D eigenvalue weighted by Gasteiger charge is -2.36. The maximum Gasteiger partial charge on any atom is 0.329 e. The number of carbonyl (C=O) groups is 3. The average molecular weight is 271 g/mol. The summed E-state index contributed by atoms with van der Waals surface area (Å²) in [7, 11) is 0. The van der Waals surface area contributed by atoms with Crippen molar-refractivity contribution in [1.82, 2.24) is 15.5 Å². The molecule has 0 saturated carbocycles. The fraction of sp³-hybridized carbons (Fsp3) is 0.750. The van der Waals surface area contributed by atoms with E-state index in [2.05, 4.69) is 10.6 Å². The molecular formula is C12H21N3O4. The van der Waals surface area contributed by atoms with Gasteiger partial charge in [-0.2, -0.15) is 0 Å². The molecule has 0 aliphatic carbocycles. The van der Waals surface area contributed by atoms with Crippen molar-refractivity contribution in [3.63, 3.8) is 0 Å². The number of carboxylic acid groups (broad SMARTS) is 1. The van der Waals surface area contributed by atoms with Crippen molar-refractivity contribution < 1.29 is 19.5 Å². The van der Waals surface area contributed by atoms with Gasteiger partial charge in [0.25, 0.3) is 0 Å². The predicted molar refractivity (Wildman–Crippen MR) is 68.7 cm³/mol. The third kappa shape index (κ3) is 3.59. The van der Waals surface area contributed by atoms with Gasteiger partial charge in [0, 0.05) is 25.6 Å². The normalized spacial score (nSPS) is 19.5. The standard InChI is InChI=1S/C12H21N3O4/c1-4-15(12(2,3)10(17)18)11(19)14-8-5-6-9(16)13-7-8/h8H,4-7H2,1-3H3,(H,13,16)(H,14,19)(H,17,18). The first-order valence-corrected chi connectivity index (χ1v) is 6.37. The number of carboxylic acids is 1. The van der Waals surface area contributed by atoms with Crippen LogP contribution in [0.5, 0.6) is 0 Å². The molecule has 1 saturated heterocycles. The summed E-state index contributed by atoms with van der Waals surface area (Å²) in [5.74, 6) is -1.08. The van der Waals surface area contributed by atoms with Crippen LogP contribution >= 0.6 is 0 Å². The van der Waals surface area contributed by atoms with Crippen molar-refractivity contribution in [3.8, 4) is 0 Å². The zero-order valence-corrected chi connectivity index (χ0v) is 11.5. The van der Waals surface area contributed by atoms with Gasteiger partial charge >= 0.3 is 12.0 Å². The molecule has 1 rings (SSSR count). The van der Waals surface area contributed by atoms with Crippen molar-refractivity contribution >= 4 is 17.9 Å². The van der Waals surface area contributed by atoms with Crippen LogP contribution < -0.4 is 10.6 Å². The molecule has 108 valence electrons. The first kappa shape index (κ1) is 15.3. The Kier molecular flexibility index (Phi) is 4.74. The van der Waals surface area contributed by atoms with Gasteiger partial charge in [0.2, 0.25) is 5.91 Å². The van der Waals surface area contributed by atoms with E-state index in [1.54, 1.807) is 6.92 Å². The van der Waals surface area contributed by atoms with Gasteiger partial charge in [-0.05, 0) is 27.2 Å². The molecule has 1 aliphatic heterocycles. The largest absolute Gasteiger partial charge is 0.480 e. The number of carbonyl (C=O) groups excluding carboxylic acids is 2. The Morgan fingerprint density at radius 1 is 1.53 bits per heavy atom. The number of nitrogens with one attached hydrogen (secondary N) is 2. The highest BCUT2D eigenvalue weighted by molar-refractivity contribution is 5.86. The molecule has 0 aromatic heterocycles. The molecule has 19 heavy (non-hydrogen) atoms. The second-order valence-corrected chi connectivity index (χ2v) is 5.10. The van der Waals surface area contributed by atoms with Crippen molar-refractivity contribution in [2.75, 3.05) is 13.1 Å². The topological polar surface area (TPSA) is 98.7 Å². The number of aliphatic carboxylic acids is 1. The molecule has 0 spiro atoms.